The minimum absolute atomic E-state index is 0.139. The maximum atomic E-state index is 13.8. The van der Waals surface area contributed by atoms with Gasteiger partial charge >= 0.3 is 0 Å². The number of rotatable bonds is 9. The van der Waals surface area contributed by atoms with Gasteiger partial charge in [0.25, 0.3) is 0 Å². The molecule has 0 spiro atoms. The number of halogens is 2. The highest BCUT2D eigenvalue weighted by atomic mass is 32.2. The number of hydrogen-bond acceptors (Lipinski definition) is 4. The zero-order chi connectivity index (χ0) is 28.4. The van der Waals surface area contributed by atoms with Crippen LogP contribution in [-0.2, 0) is 34.8 Å². The van der Waals surface area contributed by atoms with Gasteiger partial charge in [0.2, 0.25) is 15.9 Å². The highest BCUT2D eigenvalue weighted by Gasteiger charge is 2.30. The number of carbonyl (C=O) groups is 1. The molecule has 1 heterocycles. The largest absolute Gasteiger partial charge is 0.337 e. The zero-order valence-corrected chi connectivity index (χ0v) is 23.0. The van der Waals surface area contributed by atoms with Crippen LogP contribution in [0.3, 0.4) is 0 Å². The van der Waals surface area contributed by atoms with E-state index in [0.717, 1.165) is 22.8 Å². The number of aryl methyl sites for hydroxylation is 2. The van der Waals surface area contributed by atoms with Crippen molar-refractivity contribution in [2.75, 3.05) is 4.90 Å². The van der Waals surface area contributed by atoms with Crippen molar-refractivity contribution in [1.82, 2.24) is 14.3 Å². The van der Waals surface area contributed by atoms with Crippen molar-refractivity contribution >= 4 is 21.6 Å². The monoisotopic (exact) mass is 564 g/mol. The van der Waals surface area contributed by atoms with E-state index in [0.29, 0.717) is 24.4 Å². The smallest absolute Gasteiger partial charge is 0.241 e. The molecule has 7 nitrogen and oxygen atoms in total. The van der Waals surface area contributed by atoms with Crippen molar-refractivity contribution in [2.24, 2.45) is 7.05 Å². The van der Waals surface area contributed by atoms with Gasteiger partial charge in [-0.15, -0.1) is 0 Å². The highest BCUT2D eigenvalue weighted by molar-refractivity contribution is 7.89. The molecule has 0 saturated heterocycles. The standard InChI is InChI=1S/C30H30F2N4O3S/c1-20(22-5-3-6-23(31)16-22)15-30(37)36(19-29-33-13-14-35(29)2)25-11-9-21-10-12-28(27(21)18-25)34-40(38,39)26-8-4-7-24(32)17-26/h3-9,11,13-14,16-18,20,28,34H,10,12,15,19H2,1-2H3/t20-,28-/m0/s1. The van der Waals surface area contributed by atoms with Crippen molar-refractivity contribution in [3.8, 4) is 0 Å². The summed E-state index contributed by atoms with van der Waals surface area (Å²) in [5.41, 5.74) is 3.09. The molecule has 1 aliphatic rings. The van der Waals surface area contributed by atoms with Gasteiger partial charge < -0.3 is 9.47 Å². The molecular formula is C30H30F2N4O3S. The summed E-state index contributed by atoms with van der Waals surface area (Å²) in [6.07, 6.45) is 4.80. The topological polar surface area (TPSA) is 84.3 Å². The summed E-state index contributed by atoms with van der Waals surface area (Å²) < 4.78 is 58.1. The SMILES string of the molecule is C[C@@H](CC(=O)N(Cc1nccn1C)c1ccc2c(c1)[C@@H](NS(=O)(=O)c1cccc(F)c1)CC2)c1cccc(F)c1. The average molecular weight is 565 g/mol. The van der Waals surface area contributed by atoms with Crippen LogP contribution in [0, 0.1) is 11.6 Å². The van der Waals surface area contributed by atoms with Crippen molar-refractivity contribution in [3.63, 3.8) is 0 Å². The predicted molar refractivity (Wildman–Crippen MR) is 148 cm³/mol. The van der Waals surface area contributed by atoms with Crippen molar-refractivity contribution in [3.05, 3.63) is 113 Å². The number of nitrogens with one attached hydrogen (secondary N) is 1. The lowest BCUT2D eigenvalue weighted by Crippen LogP contribution is -2.32. The van der Waals surface area contributed by atoms with Gasteiger partial charge in [-0.25, -0.2) is 26.9 Å². The Bertz CT molecular complexity index is 1650. The Morgan fingerprint density at radius 3 is 2.55 bits per heavy atom. The van der Waals surface area contributed by atoms with E-state index in [9.17, 15) is 22.0 Å². The van der Waals surface area contributed by atoms with Gasteiger partial charge in [-0.05, 0) is 77.9 Å². The molecule has 0 unspecified atom stereocenters. The molecule has 0 radical (unpaired) electrons. The number of hydrogen-bond donors (Lipinski definition) is 1. The molecule has 1 aliphatic carbocycles. The predicted octanol–water partition coefficient (Wildman–Crippen LogP) is 5.39. The minimum Gasteiger partial charge on any atom is -0.337 e. The lowest BCUT2D eigenvalue weighted by molar-refractivity contribution is -0.119. The normalized spacial score (nSPS) is 15.6. The molecule has 0 fully saturated rings. The molecule has 0 aliphatic heterocycles. The Morgan fingerprint density at radius 2 is 1.85 bits per heavy atom. The van der Waals surface area contributed by atoms with Crippen LogP contribution in [0.4, 0.5) is 14.5 Å². The van der Waals surface area contributed by atoms with E-state index in [1.807, 2.05) is 36.7 Å². The number of nitrogens with zero attached hydrogens (tertiary/aromatic N) is 3. The summed E-state index contributed by atoms with van der Waals surface area (Å²) >= 11 is 0. The first-order valence-corrected chi connectivity index (χ1v) is 14.5. The molecule has 1 aromatic heterocycles. The van der Waals surface area contributed by atoms with E-state index < -0.39 is 21.9 Å². The average Bonchev–Trinajstić information content (AvgIpc) is 3.51. The molecule has 0 bridgehead atoms. The Kier molecular flexibility index (Phi) is 7.82. The third kappa shape index (κ3) is 5.97. The van der Waals surface area contributed by atoms with Gasteiger partial charge in [0.15, 0.2) is 0 Å². The summed E-state index contributed by atoms with van der Waals surface area (Å²) in [6, 6.07) is 16.2. The van der Waals surface area contributed by atoms with Crippen LogP contribution in [0.15, 0.2) is 84.0 Å². The Hall–Kier alpha value is -3.89. The fourth-order valence-corrected chi connectivity index (χ4v) is 6.37. The molecule has 4 aromatic rings. The summed E-state index contributed by atoms with van der Waals surface area (Å²) in [7, 11) is -2.12. The molecule has 1 amide bonds. The molecular weight excluding hydrogens is 534 g/mol. The maximum Gasteiger partial charge on any atom is 0.241 e. The third-order valence-electron chi connectivity index (χ3n) is 7.34. The summed E-state index contributed by atoms with van der Waals surface area (Å²) in [5, 5.41) is 0. The van der Waals surface area contributed by atoms with Gasteiger partial charge in [-0.1, -0.05) is 31.2 Å². The second-order valence-corrected chi connectivity index (χ2v) is 11.9. The van der Waals surface area contributed by atoms with Gasteiger partial charge in [-0.3, -0.25) is 4.79 Å². The second-order valence-electron chi connectivity index (χ2n) is 10.1. The molecule has 40 heavy (non-hydrogen) atoms. The van der Waals surface area contributed by atoms with Gasteiger partial charge in [0.05, 0.1) is 11.4 Å². The Morgan fingerprint density at radius 1 is 1.10 bits per heavy atom. The number of carbonyl (C=O) groups excluding carboxylic acids is 1. The fourth-order valence-electron chi connectivity index (χ4n) is 5.09. The molecule has 3 aromatic carbocycles. The maximum absolute atomic E-state index is 13.8. The molecule has 208 valence electrons. The second kappa shape index (κ2) is 11.3. The van der Waals surface area contributed by atoms with Crippen LogP contribution in [0.5, 0.6) is 0 Å². The molecule has 1 N–H and O–H groups in total. The number of fused-ring (bicyclic) bond motifs is 1. The van der Waals surface area contributed by atoms with E-state index in [-0.39, 0.29) is 35.5 Å². The van der Waals surface area contributed by atoms with Crippen LogP contribution in [0.1, 0.15) is 54.2 Å². The number of imidazole rings is 1. The van der Waals surface area contributed by atoms with Crippen molar-refractivity contribution in [1.29, 1.82) is 0 Å². The van der Waals surface area contributed by atoms with Crippen LogP contribution in [-0.4, -0.2) is 23.9 Å². The number of aromatic nitrogens is 2. The molecule has 0 saturated carbocycles. The first kappa shape index (κ1) is 27.7. The number of sulfonamides is 1. The van der Waals surface area contributed by atoms with Gasteiger partial charge in [-0.2, -0.15) is 0 Å². The lowest BCUT2D eigenvalue weighted by atomic mass is 9.96. The minimum atomic E-state index is -3.97. The van der Waals surface area contributed by atoms with Crippen LogP contribution in [0.25, 0.3) is 0 Å². The molecule has 2 atom stereocenters. The van der Waals surface area contributed by atoms with Gasteiger partial charge in [0, 0.05) is 37.6 Å². The van der Waals surface area contributed by atoms with Crippen LogP contribution < -0.4 is 9.62 Å². The number of amides is 1. The van der Waals surface area contributed by atoms with Crippen LogP contribution >= 0.6 is 0 Å². The lowest BCUT2D eigenvalue weighted by Gasteiger charge is -2.26. The van der Waals surface area contributed by atoms with Gasteiger partial charge in [0.1, 0.15) is 17.5 Å². The number of benzene rings is 3. The number of anilines is 1. The molecule has 5 rings (SSSR count). The molecule has 10 heteroatoms. The van der Waals surface area contributed by atoms with E-state index >= 15 is 0 Å². The van der Waals surface area contributed by atoms with Crippen molar-refractivity contribution < 1.29 is 22.0 Å². The van der Waals surface area contributed by atoms with E-state index in [1.165, 1.54) is 30.3 Å². The summed E-state index contributed by atoms with van der Waals surface area (Å²) in [5.74, 6) is -0.711. The Balaban J connectivity index is 1.44. The first-order chi connectivity index (χ1) is 19.1. The summed E-state index contributed by atoms with van der Waals surface area (Å²) in [6.45, 7) is 2.09. The van der Waals surface area contributed by atoms with E-state index in [4.69, 9.17) is 0 Å². The summed E-state index contributed by atoms with van der Waals surface area (Å²) in [4.78, 5) is 19.6. The van der Waals surface area contributed by atoms with E-state index in [2.05, 4.69) is 9.71 Å². The zero-order valence-electron chi connectivity index (χ0n) is 22.2. The highest BCUT2D eigenvalue weighted by Crippen LogP contribution is 2.36. The third-order valence-corrected chi connectivity index (χ3v) is 8.81. The van der Waals surface area contributed by atoms with E-state index in [1.54, 1.807) is 29.4 Å². The first-order valence-electron chi connectivity index (χ1n) is 13.0. The van der Waals surface area contributed by atoms with Crippen LogP contribution in [0.2, 0.25) is 0 Å². The fraction of sp³-hybridized carbons (Fsp3) is 0.267. The quantitative estimate of drug-likeness (QED) is 0.296. The Labute approximate surface area is 232 Å². The van der Waals surface area contributed by atoms with Crippen molar-refractivity contribution in [2.45, 2.75) is 49.6 Å².